The van der Waals surface area contributed by atoms with Crippen LogP contribution in [0.2, 0.25) is 0 Å². The molecule has 0 radical (unpaired) electrons. The van der Waals surface area contributed by atoms with E-state index in [1.54, 1.807) is 0 Å². The van der Waals surface area contributed by atoms with Crippen LogP contribution in [0.15, 0.2) is 24.3 Å². The lowest BCUT2D eigenvalue weighted by Gasteiger charge is -2.15. The van der Waals surface area contributed by atoms with Crippen LogP contribution < -0.4 is 4.90 Å². The van der Waals surface area contributed by atoms with E-state index in [-0.39, 0.29) is 34.4 Å². The smallest absolute Gasteiger partial charge is 0.269 e. The number of nitro benzene ring substituents is 1. The van der Waals surface area contributed by atoms with Crippen molar-refractivity contribution in [2.24, 2.45) is 0 Å². The lowest BCUT2D eigenvalue weighted by Crippen LogP contribution is -2.31. The summed E-state index contributed by atoms with van der Waals surface area (Å²) in [5, 5.41) is 10.5. The van der Waals surface area contributed by atoms with Gasteiger partial charge >= 0.3 is 0 Å². The molecule has 6 nitrogen and oxygen atoms in total. The Morgan fingerprint density at radius 1 is 1.30 bits per heavy atom. The van der Waals surface area contributed by atoms with E-state index in [0.717, 1.165) is 4.90 Å². The van der Waals surface area contributed by atoms with Gasteiger partial charge in [-0.3, -0.25) is 19.7 Å². The Morgan fingerprint density at radius 2 is 1.90 bits per heavy atom. The highest BCUT2D eigenvalue weighted by Crippen LogP contribution is 2.32. The lowest BCUT2D eigenvalue weighted by atomic mass is 10.2. The number of hydrogen-bond acceptors (Lipinski definition) is 5. The van der Waals surface area contributed by atoms with Crippen LogP contribution in [0.3, 0.4) is 0 Å². The molecule has 7 heteroatoms. The summed E-state index contributed by atoms with van der Waals surface area (Å²) in [6.07, 6.45) is 0.179. The minimum Gasteiger partial charge on any atom is -0.274 e. The molecule has 1 heterocycles. The van der Waals surface area contributed by atoms with Crippen LogP contribution in [0.4, 0.5) is 11.4 Å². The third-order valence-corrected chi connectivity index (χ3v) is 4.10. The number of amides is 2. The van der Waals surface area contributed by atoms with Crippen molar-refractivity contribution in [2.45, 2.75) is 30.8 Å². The second-order valence-electron chi connectivity index (χ2n) is 4.72. The molecule has 2 amide bonds. The summed E-state index contributed by atoms with van der Waals surface area (Å²) in [6, 6.07) is 5.43. The molecule has 0 aliphatic carbocycles. The van der Waals surface area contributed by atoms with Crippen molar-refractivity contribution >= 4 is 35.0 Å². The highest BCUT2D eigenvalue weighted by molar-refractivity contribution is 8.01. The third kappa shape index (κ3) is 2.82. The molecule has 0 unspecified atom stereocenters. The van der Waals surface area contributed by atoms with E-state index in [0.29, 0.717) is 5.69 Å². The van der Waals surface area contributed by atoms with Crippen LogP contribution in [-0.2, 0) is 9.59 Å². The lowest BCUT2D eigenvalue weighted by molar-refractivity contribution is -0.384. The van der Waals surface area contributed by atoms with Gasteiger partial charge in [0.2, 0.25) is 11.8 Å². The van der Waals surface area contributed by atoms with E-state index in [1.807, 2.05) is 13.8 Å². The Morgan fingerprint density at radius 3 is 2.40 bits per heavy atom. The number of thioether (sulfide) groups is 1. The van der Waals surface area contributed by atoms with Crippen molar-refractivity contribution in [3.63, 3.8) is 0 Å². The molecule has 0 saturated carbocycles. The van der Waals surface area contributed by atoms with Gasteiger partial charge in [-0.15, -0.1) is 11.8 Å². The van der Waals surface area contributed by atoms with E-state index in [4.69, 9.17) is 0 Å². The fraction of sp³-hybridized carbons (Fsp3) is 0.385. The molecule has 1 aliphatic heterocycles. The molecule has 2 rings (SSSR count). The van der Waals surface area contributed by atoms with Gasteiger partial charge in [0.15, 0.2) is 0 Å². The van der Waals surface area contributed by atoms with Gasteiger partial charge in [-0.1, -0.05) is 13.8 Å². The molecule has 20 heavy (non-hydrogen) atoms. The van der Waals surface area contributed by atoms with Gasteiger partial charge in [0.25, 0.3) is 5.69 Å². The zero-order chi connectivity index (χ0) is 14.9. The predicted octanol–water partition coefficient (Wildman–Crippen LogP) is 2.37. The molecule has 0 spiro atoms. The summed E-state index contributed by atoms with van der Waals surface area (Å²) in [7, 11) is 0. The maximum absolute atomic E-state index is 12.2. The number of imide groups is 1. The molecular weight excluding hydrogens is 280 g/mol. The summed E-state index contributed by atoms with van der Waals surface area (Å²) in [5.41, 5.74) is 0.318. The van der Waals surface area contributed by atoms with Crippen molar-refractivity contribution in [2.75, 3.05) is 4.90 Å². The van der Waals surface area contributed by atoms with Gasteiger partial charge in [-0.25, -0.2) is 4.90 Å². The molecule has 106 valence electrons. The zero-order valence-electron chi connectivity index (χ0n) is 11.1. The monoisotopic (exact) mass is 294 g/mol. The molecule has 1 aromatic rings. The van der Waals surface area contributed by atoms with Crippen LogP contribution in [0.5, 0.6) is 0 Å². The molecule has 1 aromatic carbocycles. The third-order valence-electron chi connectivity index (χ3n) is 2.86. The van der Waals surface area contributed by atoms with E-state index in [9.17, 15) is 19.7 Å². The number of carbonyl (C=O) groups is 2. The Labute approximate surface area is 120 Å². The first-order valence-corrected chi connectivity index (χ1v) is 7.11. The maximum atomic E-state index is 12.2. The van der Waals surface area contributed by atoms with Crippen LogP contribution in [0, 0.1) is 10.1 Å². The first-order chi connectivity index (χ1) is 9.40. The van der Waals surface area contributed by atoms with E-state index in [2.05, 4.69) is 0 Å². The van der Waals surface area contributed by atoms with Crippen molar-refractivity contribution in [3.05, 3.63) is 34.4 Å². The summed E-state index contributed by atoms with van der Waals surface area (Å²) in [4.78, 5) is 35.4. The highest BCUT2D eigenvalue weighted by atomic mass is 32.2. The number of rotatable bonds is 4. The van der Waals surface area contributed by atoms with Gasteiger partial charge in [-0.05, 0) is 17.4 Å². The van der Waals surface area contributed by atoms with Gasteiger partial charge in [-0.2, -0.15) is 0 Å². The zero-order valence-corrected chi connectivity index (χ0v) is 11.9. The van der Waals surface area contributed by atoms with Gasteiger partial charge < -0.3 is 0 Å². The summed E-state index contributed by atoms with van der Waals surface area (Å²) in [6.45, 7) is 3.94. The van der Waals surface area contributed by atoms with Crippen LogP contribution in [0.25, 0.3) is 0 Å². The first-order valence-electron chi connectivity index (χ1n) is 6.17. The topological polar surface area (TPSA) is 80.5 Å². The molecular formula is C13H14N2O4S. The summed E-state index contributed by atoms with van der Waals surface area (Å²) >= 11 is 1.46. The van der Waals surface area contributed by atoms with E-state index >= 15 is 0 Å². The van der Waals surface area contributed by atoms with Gasteiger partial charge in [0.05, 0.1) is 15.9 Å². The normalized spacial score (nSPS) is 18.9. The minimum absolute atomic E-state index is 0.0686. The molecule has 0 aromatic heterocycles. The number of nitrogens with zero attached hydrogens (tertiary/aromatic N) is 2. The van der Waals surface area contributed by atoms with Crippen molar-refractivity contribution in [3.8, 4) is 0 Å². The number of anilines is 1. The highest BCUT2D eigenvalue weighted by Gasteiger charge is 2.40. The predicted molar refractivity (Wildman–Crippen MR) is 76.7 cm³/mol. The molecule has 1 atom stereocenters. The number of nitro groups is 1. The number of non-ortho nitro benzene ring substituents is 1. The number of hydrogen-bond donors (Lipinski definition) is 0. The Balaban J connectivity index is 2.22. The fourth-order valence-electron chi connectivity index (χ4n) is 2.03. The molecule has 0 bridgehead atoms. The summed E-state index contributed by atoms with van der Waals surface area (Å²) < 4.78 is 0. The average molecular weight is 294 g/mol. The van der Waals surface area contributed by atoms with Crippen molar-refractivity contribution < 1.29 is 14.5 Å². The van der Waals surface area contributed by atoms with Gasteiger partial charge in [0.1, 0.15) is 0 Å². The van der Waals surface area contributed by atoms with E-state index < -0.39 is 4.92 Å². The fourth-order valence-corrected chi connectivity index (χ4v) is 3.15. The SMILES string of the molecule is CC(C)S[C@@H]1CC(=O)N(c2ccc([N+](=O)[O-])cc2)C1=O. The Kier molecular flexibility index (Phi) is 4.08. The average Bonchev–Trinajstić information content (AvgIpc) is 2.64. The molecule has 1 fully saturated rings. The quantitative estimate of drug-likeness (QED) is 0.484. The van der Waals surface area contributed by atoms with Crippen LogP contribution in [0.1, 0.15) is 20.3 Å². The Hall–Kier alpha value is -1.89. The number of benzene rings is 1. The molecule has 0 N–H and O–H groups in total. The Bertz CT molecular complexity index is 556. The minimum atomic E-state index is -0.519. The first kappa shape index (κ1) is 14.5. The van der Waals surface area contributed by atoms with Crippen molar-refractivity contribution in [1.82, 2.24) is 0 Å². The number of carbonyl (C=O) groups excluding carboxylic acids is 2. The maximum Gasteiger partial charge on any atom is 0.269 e. The van der Waals surface area contributed by atoms with Crippen molar-refractivity contribution in [1.29, 1.82) is 0 Å². The molecule has 1 saturated heterocycles. The van der Waals surface area contributed by atoms with Crippen LogP contribution in [-0.4, -0.2) is 27.2 Å². The largest absolute Gasteiger partial charge is 0.274 e. The van der Waals surface area contributed by atoms with Gasteiger partial charge in [0, 0.05) is 18.6 Å². The second kappa shape index (κ2) is 5.62. The molecule has 1 aliphatic rings. The standard InChI is InChI=1S/C13H14N2O4S/c1-8(2)20-11-7-12(16)14(13(11)17)9-3-5-10(6-4-9)15(18)19/h3-6,8,11H,7H2,1-2H3/t11-/m1/s1. The second-order valence-corrected chi connectivity index (χ2v) is 6.50. The van der Waals surface area contributed by atoms with E-state index in [1.165, 1.54) is 36.0 Å². The summed E-state index contributed by atoms with van der Waals surface area (Å²) in [5.74, 6) is -0.510. The van der Waals surface area contributed by atoms with Crippen LogP contribution >= 0.6 is 11.8 Å².